The third-order valence-corrected chi connectivity index (χ3v) is 5.10. The first kappa shape index (κ1) is 19.2. The van der Waals surface area contributed by atoms with Crippen molar-refractivity contribution in [3.05, 3.63) is 51.0 Å². The number of nitro groups is 1. The Hall–Kier alpha value is -2.61. The molecule has 1 aromatic carbocycles. The first-order chi connectivity index (χ1) is 13.2. The fourth-order valence-corrected chi connectivity index (χ4v) is 3.61. The van der Waals surface area contributed by atoms with Crippen molar-refractivity contribution >= 4 is 16.6 Å². The molecule has 0 bridgehead atoms. The fourth-order valence-electron chi connectivity index (χ4n) is 3.61. The van der Waals surface area contributed by atoms with Crippen molar-refractivity contribution in [2.45, 2.75) is 19.4 Å². The maximum atomic E-state index is 10.9. The van der Waals surface area contributed by atoms with E-state index in [-0.39, 0.29) is 10.6 Å². The molecule has 0 spiro atoms. The lowest BCUT2D eigenvalue weighted by Crippen LogP contribution is -2.46. The SMILES string of the molecule is [N-]=[N+]=NCCCN1CCN(CCCn2ccc3cc([N+](=O)[O-])ccc32)CC1. The summed E-state index contributed by atoms with van der Waals surface area (Å²) in [6.45, 7) is 7.80. The Balaban J connectivity index is 1.41. The fraction of sp³-hybridized carbons (Fsp3) is 0.556. The maximum absolute atomic E-state index is 10.9. The Morgan fingerprint density at radius 1 is 1.07 bits per heavy atom. The van der Waals surface area contributed by atoms with Gasteiger partial charge in [-0.05, 0) is 43.6 Å². The van der Waals surface area contributed by atoms with Crippen LogP contribution < -0.4 is 0 Å². The van der Waals surface area contributed by atoms with Crippen molar-refractivity contribution in [2.75, 3.05) is 45.8 Å². The van der Waals surface area contributed by atoms with Crippen LogP contribution in [0.25, 0.3) is 21.3 Å². The van der Waals surface area contributed by atoms with Gasteiger partial charge in [0, 0.05) is 73.4 Å². The summed E-state index contributed by atoms with van der Waals surface area (Å²) in [5.74, 6) is 0. The zero-order valence-electron chi connectivity index (χ0n) is 15.4. The molecule has 0 N–H and O–H groups in total. The predicted molar refractivity (Wildman–Crippen MR) is 105 cm³/mol. The number of piperazine rings is 1. The highest BCUT2D eigenvalue weighted by Crippen LogP contribution is 2.22. The minimum atomic E-state index is -0.354. The number of benzene rings is 1. The van der Waals surface area contributed by atoms with Gasteiger partial charge in [0.25, 0.3) is 5.69 Å². The van der Waals surface area contributed by atoms with E-state index in [0.29, 0.717) is 6.54 Å². The Morgan fingerprint density at radius 2 is 1.78 bits per heavy atom. The molecule has 1 fully saturated rings. The van der Waals surface area contributed by atoms with Crippen LogP contribution in [0.4, 0.5) is 5.69 Å². The first-order valence-corrected chi connectivity index (χ1v) is 9.36. The van der Waals surface area contributed by atoms with Crippen LogP contribution in [0, 0.1) is 10.1 Å². The van der Waals surface area contributed by atoms with Crippen molar-refractivity contribution in [3.8, 4) is 0 Å². The van der Waals surface area contributed by atoms with Gasteiger partial charge in [0.1, 0.15) is 0 Å². The van der Waals surface area contributed by atoms with Gasteiger partial charge >= 0.3 is 0 Å². The number of azide groups is 1. The normalized spacial score (nSPS) is 15.7. The predicted octanol–water partition coefficient (Wildman–Crippen LogP) is 3.26. The zero-order chi connectivity index (χ0) is 19.1. The molecule has 0 amide bonds. The highest BCUT2D eigenvalue weighted by molar-refractivity contribution is 5.82. The average molecular weight is 371 g/mol. The number of fused-ring (bicyclic) bond motifs is 1. The lowest BCUT2D eigenvalue weighted by atomic mass is 10.2. The molecule has 1 aliphatic heterocycles. The van der Waals surface area contributed by atoms with E-state index in [1.54, 1.807) is 12.1 Å². The molecule has 144 valence electrons. The molecule has 27 heavy (non-hydrogen) atoms. The van der Waals surface area contributed by atoms with Crippen LogP contribution in [-0.2, 0) is 6.54 Å². The lowest BCUT2D eigenvalue weighted by Gasteiger charge is -2.34. The van der Waals surface area contributed by atoms with E-state index in [9.17, 15) is 10.1 Å². The second-order valence-electron chi connectivity index (χ2n) is 6.85. The van der Waals surface area contributed by atoms with Gasteiger partial charge in [-0.15, -0.1) is 0 Å². The van der Waals surface area contributed by atoms with Gasteiger partial charge in [-0.25, -0.2) is 0 Å². The topological polar surface area (TPSA) is 103 Å². The van der Waals surface area contributed by atoms with E-state index in [4.69, 9.17) is 5.53 Å². The van der Waals surface area contributed by atoms with E-state index in [1.165, 1.54) is 0 Å². The van der Waals surface area contributed by atoms with E-state index in [0.717, 1.165) is 69.6 Å². The molecule has 2 aromatic rings. The van der Waals surface area contributed by atoms with Gasteiger partial charge in [-0.1, -0.05) is 5.11 Å². The van der Waals surface area contributed by atoms with Crippen LogP contribution >= 0.6 is 0 Å². The van der Waals surface area contributed by atoms with Crippen molar-refractivity contribution in [2.24, 2.45) is 5.11 Å². The van der Waals surface area contributed by atoms with Gasteiger partial charge in [0.15, 0.2) is 0 Å². The van der Waals surface area contributed by atoms with Crippen LogP contribution in [0.15, 0.2) is 35.6 Å². The smallest absolute Gasteiger partial charge is 0.270 e. The third kappa shape index (κ3) is 5.19. The highest BCUT2D eigenvalue weighted by Gasteiger charge is 2.16. The first-order valence-electron chi connectivity index (χ1n) is 9.36. The monoisotopic (exact) mass is 371 g/mol. The Bertz CT molecular complexity index is 820. The molecule has 9 nitrogen and oxygen atoms in total. The molecule has 9 heteroatoms. The van der Waals surface area contributed by atoms with Crippen molar-refractivity contribution in [3.63, 3.8) is 0 Å². The lowest BCUT2D eigenvalue weighted by molar-refractivity contribution is -0.384. The summed E-state index contributed by atoms with van der Waals surface area (Å²) in [7, 11) is 0. The maximum Gasteiger partial charge on any atom is 0.270 e. The number of hydrogen-bond donors (Lipinski definition) is 0. The van der Waals surface area contributed by atoms with Crippen LogP contribution in [0.1, 0.15) is 12.8 Å². The molecule has 3 rings (SSSR count). The molecule has 2 heterocycles. The van der Waals surface area contributed by atoms with Gasteiger partial charge in [0.2, 0.25) is 0 Å². The molecule has 0 unspecified atom stereocenters. The molecule has 0 radical (unpaired) electrons. The molecule has 0 saturated carbocycles. The molecule has 1 saturated heterocycles. The summed E-state index contributed by atoms with van der Waals surface area (Å²) >= 11 is 0. The summed E-state index contributed by atoms with van der Waals surface area (Å²) in [5, 5.41) is 15.4. The second kappa shape index (κ2) is 9.36. The van der Waals surface area contributed by atoms with Crippen LogP contribution in [0.5, 0.6) is 0 Å². The van der Waals surface area contributed by atoms with Crippen LogP contribution in [-0.4, -0.2) is 65.1 Å². The number of aryl methyl sites for hydroxylation is 1. The second-order valence-corrected chi connectivity index (χ2v) is 6.85. The summed E-state index contributed by atoms with van der Waals surface area (Å²) in [6.07, 6.45) is 3.98. The molecule has 1 aliphatic rings. The molecule has 0 atom stereocenters. The van der Waals surface area contributed by atoms with E-state index >= 15 is 0 Å². The highest BCUT2D eigenvalue weighted by atomic mass is 16.6. The van der Waals surface area contributed by atoms with Gasteiger partial charge in [0.05, 0.1) is 4.92 Å². The quantitative estimate of drug-likeness (QED) is 0.168. The van der Waals surface area contributed by atoms with Crippen molar-refractivity contribution in [1.29, 1.82) is 0 Å². The Morgan fingerprint density at radius 3 is 2.44 bits per heavy atom. The largest absolute Gasteiger partial charge is 0.347 e. The molecular weight excluding hydrogens is 346 g/mol. The van der Waals surface area contributed by atoms with E-state index in [2.05, 4.69) is 24.4 Å². The third-order valence-electron chi connectivity index (χ3n) is 5.10. The van der Waals surface area contributed by atoms with Crippen molar-refractivity contribution < 1.29 is 4.92 Å². The van der Waals surface area contributed by atoms with Gasteiger partial charge < -0.3 is 14.4 Å². The van der Waals surface area contributed by atoms with Crippen LogP contribution in [0.2, 0.25) is 0 Å². The number of hydrogen-bond acceptors (Lipinski definition) is 5. The molecular formula is C18H25N7O2. The van der Waals surface area contributed by atoms with Gasteiger partial charge in [-0.3, -0.25) is 10.1 Å². The number of nitro benzene ring substituents is 1. The number of aromatic nitrogens is 1. The summed E-state index contributed by atoms with van der Waals surface area (Å²) in [5.41, 5.74) is 9.47. The number of rotatable bonds is 9. The average Bonchev–Trinajstić information content (AvgIpc) is 3.09. The number of nitrogens with zero attached hydrogens (tertiary/aromatic N) is 7. The Kier molecular flexibility index (Phi) is 6.64. The minimum absolute atomic E-state index is 0.137. The summed E-state index contributed by atoms with van der Waals surface area (Å²) in [4.78, 5) is 18.2. The van der Waals surface area contributed by atoms with Crippen LogP contribution in [0.3, 0.4) is 0 Å². The Labute approximate surface area is 157 Å². The molecule has 0 aliphatic carbocycles. The minimum Gasteiger partial charge on any atom is -0.347 e. The standard InChI is InChI=1S/C18H25N7O2/c19-21-20-6-1-7-22-11-13-23(14-12-22)8-2-9-24-10-5-16-15-17(25(26)27)3-4-18(16)24/h3-5,10,15H,1-2,6-9,11-14H2. The van der Waals surface area contributed by atoms with E-state index in [1.807, 2.05) is 18.3 Å². The summed E-state index contributed by atoms with van der Waals surface area (Å²) < 4.78 is 2.17. The number of non-ortho nitro benzene ring substituents is 1. The summed E-state index contributed by atoms with van der Waals surface area (Å²) in [6, 6.07) is 6.98. The van der Waals surface area contributed by atoms with Crippen molar-refractivity contribution in [1.82, 2.24) is 14.4 Å². The van der Waals surface area contributed by atoms with Gasteiger partial charge in [-0.2, -0.15) is 0 Å². The molecule has 1 aromatic heterocycles. The zero-order valence-corrected chi connectivity index (χ0v) is 15.4. The van der Waals surface area contributed by atoms with E-state index < -0.39 is 0 Å².